The Balaban J connectivity index is 1.87. The van der Waals surface area contributed by atoms with Gasteiger partial charge in [-0.3, -0.25) is 9.48 Å². The summed E-state index contributed by atoms with van der Waals surface area (Å²) in [5.41, 5.74) is 3.75. The van der Waals surface area contributed by atoms with E-state index in [9.17, 15) is 9.18 Å². The van der Waals surface area contributed by atoms with Crippen molar-refractivity contribution in [1.29, 1.82) is 0 Å². The van der Waals surface area contributed by atoms with Crippen LogP contribution >= 0.6 is 0 Å². The molecule has 0 spiro atoms. The minimum Gasteiger partial charge on any atom is -0.386 e. The second-order valence-electron chi connectivity index (χ2n) is 7.16. The molecule has 0 amide bonds. The van der Waals surface area contributed by atoms with Gasteiger partial charge in [-0.15, -0.1) is 0 Å². The summed E-state index contributed by atoms with van der Waals surface area (Å²) in [7, 11) is 3.50. The molecule has 0 aliphatic rings. The number of halogens is 1. The van der Waals surface area contributed by atoms with Gasteiger partial charge in [-0.1, -0.05) is 0 Å². The van der Waals surface area contributed by atoms with Crippen molar-refractivity contribution < 1.29 is 4.39 Å². The molecule has 3 aromatic heterocycles. The average molecular weight is 406 g/mol. The second kappa shape index (κ2) is 7.62. The van der Waals surface area contributed by atoms with Crippen molar-refractivity contribution in [2.45, 2.75) is 20.4 Å². The number of rotatable bonds is 5. The second-order valence-corrected chi connectivity index (χ2v) is 7.16. The van der Waals surface area contributed by atoms with Crippen LogP contribution in [-0.4, -0.2) is 26.4 Å². The van der Waals surface area contributed by atoms with E-state index in [4.69, 9.17) is 0 Å². The van der Waals surface area contributed by atoms with Gasteiger partial charge in [-0.05, 0) is 43.2 Å². The highest BCUT2D eigenvalue weighted by Crippen LogP contribution is 2.29. The monoisotopic (exact) mass is 406 g/mol. The van der Waals surface area contributed by atoms with Gasteiger partial charge in [0.2, 0.25) is 0 Å². The highest BCUT2D eigenvalue weighted by molar-refractivity contribution is 5.86. The number of aryl methyl sites for hydroxylation is 3. The maximum atomic E-state index is 14.1. The molecule has 4 aromatic rings. The summed E-state index contributed by atoms with van der Waals surface area (Å²) < 4.78 is 17.5. The first-order chi connectivity index (χ1) is 14.4. The Kier molecular flexibility index (Phi) is 4.99. The van der Waals surface area contributed by atoms with Gasteiger partial charge in [0.25, 0.3) is 5.56 Å². The summed E-state index contributed by atoms with van der Waals surface area (Å²) in [6, 6.07) is 6.80. The van der Waals surface area contributed by atoms with Crippen LogP contribution in [0.3, 0.4) is 0 Å². The Morgan fingerprint density at radius 1 is 1.13 bits per heavy atom. The zero-order valence-corrected chi connectivity index (χ0v) is 17.3. The van der Waals surface area contributed by atoms with E-state index in [0.29, 0.717) is 34.7 Å². The predicted molar refractivity (Wildman–Crippen MR) is 118 cm³/mol. The molecule has 0 atom stereocenters. The van der Waals surface area contributed by atoms with Gasteiger partial charge in [-0.25, -0.2) is 9.37 Å². The van der Waals surface area contributed by atoms with Crippen molar-refractivity contribution in [3.8, 4) is 11.1 Å². The summed E-state index contributed by atoms with van der Waals surface area (Å²) in [6.07, 6.45) is 5.29. The molecular weight excluding hydrogens is 383 g/mol. The van der Waals surface area contributed by atoms with E-state index in [1.165, 1.54) is 6.07 Å². The Bertz CT molecular complexity index is 1310. The Morgan fingerprint density at radius 3 is 2.60 bits per heavy atom. The quantitative estimate of drug-likeness (QED) is 0.523. The highest BCUT2D eigenvalue weighted by atomic mass is 19.1. The highest BCUT2D eigenvalue weighted by Gasteiger charge is 2.15. The number of anilines is 3. The molecule has 0 saturated heterocycles. The molecule has 0 saturated carbocycles. The molecular formula is C22H23FN6O. The fourth-order valence-electron chi connectivity index (χ4n) is 3.64. The number of aromatic nitrogens is 4. The molecule has 8 heteroatoms. The molecule has 1 aromatic carbocycles. The van der Waals surface area contributed by atoms with Crippen LogP contribution in [0.15, 0.2) is 47.7 Å². The van der Waals surface area contributed by atoms with E-state index < -0.39 is 0 Å². The van der Waals surface area contributed by atoms with Crippen LogP contribution in [0, 0.1) is 12.7 Å². The number of benzene rings is 1. The van der Waals surface area contributed by atoms with Gasteiger partial charge < -0.3 is 15.2 Å². The van der Waals surface area contributed by atoms with Gasteiger partial charge in [0, 0.05) is 50.0 Å². The molecule has 154 valence electrons. The van der Waals surface area contributed by atoms with Gasteiger partial charge in [0.05, 0.1) is 23.1 Å². The number of nitrogens with zero attached hydrogens (tertiary/aromatic N) is 4. The van der Waals surface area contributed by atoms with Crippen LogP contribution in [0.2, 0.25) is 0 Å². The Hall–Kier alpha value is -3.68. The smallest absolute Gasteiger partial charge is 0.258 e. The summed E-state index contributed by atoms with van der Waals surface area (Å²) >= 11 is 0. The maximum absolute atomic E-state index is 14.1. The van der Waals surface area contributed by atoms with E-state index in [-0.39, 0.29) is 11.4 Å². The minimum atomic E-state index is -0.344. The molecule has 0 radical (unpaired) electrons. The third-order valence-corrected chi connectivity index (χ3v) is 5.15. The molecule has 0 aliphatic heterocycles. The number of nitrogens with one attached hydrogen (secondary N) is 2. The summed E-state index contributed by atoms with van der Waals surface area (Å²) in [6.45, 7) is 4.23. The first-order valence-electron chi connectivity index (χ1n) is 9.68. The molecule has 0 aliphatic carbocycles. The van der Waals surface area contributed by atoms with E-state index in [1.54, 1.807) is 41.7 Å². The number of hydrogen-bond donors (Lipinski definition) is 2. The van der Waals surface area contributed by atoms with Crippen LogP contribution in [0.25, 0.3) is 22.0 Å². The summed E-state index contributed by atoms with van der Waals surface area (Å²) in [5.74, 6) is 0.281. The first-order valence-corrected chi connectivity index (χ1v) is 9.68. The lowest BCUT2D eigenvalue weighted by Crippen LogP contribution is -2.22. The fourth-order valence-corrected chi connectivity index (χ4v) is 3.64. The molecule has 2 N–H and O–H groups in total. The number of hydrogen-bond acceptors (Lipinski definition) is 5. The lowest BCUT2D eigenvalue weighted by Gasteiger charge is -2.15. The summed E-state index contributed by atoms with van der Waals surface area (Å²) in [4.78, 5) is 17.8. The number of pyridine rings is 2. The molecule has 0 fully saturated rings. The van der Waals surface area contributed by atoms with Gasteiger partial charge in [-0.2, -0.15) is 5.10 Å². The largest absolute Gasteiger partial charge is 0.386 e. The Labute approximate surface area is 173 Å². The molecule has 4 rings (SSSR count). The third kappa shape index (κ3) is 3.41. The SMILES string of the molecule is CCn1c(=O)c(-c2cc(NC)c(F)cc2C)cc2cnc(Nc3cnn(C)c3)cc21. The van der Waals surface area contributed by atoms with Crippen LogP contribution in [0.4, 0.5) is 21.6 Å². The van der Waals surface area contributed by atoms with Crippen LogP contribution in [0.1, 0.15) is 12.5 Å². The van der Waals surface area contributed by atoms with Crippen LogP contribution in [-0.2, 0) is 13.6 Å². The molecule has 7 nitrogen and oxygen atoms in total. The normalized spacial score (nSPS) is 11.1. The average Bonchev–Trinajstić information content (AvgIpc) is 3.13. The Morgan fingerprint density at radius 2 is 1.93 bits per heavy atom. The van der Waals surface area contributed by atoms with Gasteiger partial charge in [0.1, 0.15) is 11.6 Å². The van der Waals surface area contributed by atoms with E-state index in [1.807, 2.05) is 32.3 Å². The first kappa shape index (κ1) is 19.6. The minimum absolute atomic E-state index is 0.125. The van der Waals surface area contributed by atoms with E-state index >= 15 is 0 Å². The topological polar surface area (TPSA) is 76.8 Å². The zero-order chi connectivity index (χ0) is 21.4. The van der Waals surface area contributed by atoms with Crippen molar-refractivity contribution >= 4 is 28.1 Å². The lowest BCUT2D eigenvalue weighted by atomic mass is 9.99. The van der Waals surface area contributed by atoms with E-state index in [0.717, 1.165) is 16.6 Å². The third-order valence-electron chi connectivity index (χ3n) is 5.15. The van der Waals surface area contributed by atoms with Gasteiger partial charge >= 0.3 is 0 Å². The molecule has 3 heterocycles. The van der Waals surface area contributed by atoms with E-state index in [2.05, 4.69) is 20.7 Å². The molecule has 30 heavy (non-hydrogen) atoms. The maximum Gasteiger partial charge on any atom is 0.258 e. The van der Waals surface area contributed by atoms with Crippen molar-refractivity contribution in [3.05, 3.63) is 64.6 Å². The lowest BCUT2D eigenvalue weighted by molar-refractivity contribution is 0.630. The standard InChI is InChI=1S/C22H23FN6O/c1-5-29-20-9-21(27-15-11-26-28(4)12-15)25-10-14(20)7-17(22(29)30)16-8-19(24-3)18(23)6-13(16)2/h6-12,24H,5H2,1-4H3,(H,25,27). The van der Waals surface area contributed by atoms with Crippen molar-refractivity contribution in [1.82, 2.24) is 19.3 Å². The number of fused-ring (bicyclic) bond motifs is 1. The zero-order valence-electron chi connectivity index (χ0n) is 17.3. The molecule has 0 unspecified atom stereocenters. The van der Waals surface area contributed by atoms with Crippen molar-refractivity contribution in [2.75, 3.05) is 17.7 Å². The van der Waals surface area contributed by atoms with Gasteiger partial charge in [0.15, 0.2) is 0 Å². The van der Waals surface area contributed by atoms with Crippen LogP contribution < -0.4 is 16.2 Å². The van der Waals surface area contributed by atoms with Crippen molar-refractivity contribution in [2.24, 2.45) is 7.05 Å². The summed E-state index contributed by atoms with van der Waals surface area (Å²) in [5, 5.41) is 11.0. The predicted octanol–water partition coefficient (Wildman–Crippen LogP) is 4.05. The van der Waals surface area contributed by atoms with Crippen LogP contribution in [0.5, 0.6) is 0 Å². The van der Waals surface area contributed by atoms with Crippen molar-refractivity contribution in [3.63, 3.8) is 0 Å². The fraction of sp³-hybridized carbons (Fsp3) is 0.227. The molecule has 0 bridgehead atoms.